The van der Waals surface area contributed by atoms with Gasteiger partial charge in [0, 0.05) is 17.7 Å². The number of methoxy groups -OCH3 is 1. The maximum absolute atomic E-state index is 12.0. The summed E-state index contributed by atoms with van der Waals surface area (Å²) in [6, 6.07) is 10.2. The van der Waals surface area contributed by atoms with E-state index in [-0.39, 0.29) is 22.8 Å². The molecule has 0 atom stereocenters. The van der Waals surface area contributed by atoms with Crippen molar-refractivity contribution < 1.29 is 19.6 Å². The number of hydrogen-bond acceptors (Lipinski definition) is 5. The van der Waals surface area contributed by atoms with Crippen LogP contribution in [-0.2, 0) is 0 Å². The molecule has 0 fully saturated rings. The van der Waals surface area contributed by atoms with Gasteiger partial charge in [-0.25, -0.2) is 0 Å². The summed E-state index contributed by atoms with van der Waals surface area (Å²) in [5.74, 6) is -0.0506. The van der Waals surface area contributed by atoms with Crippen LogP contribution in [0.1, 0.15) is 15.9 Å². The zero-order valence-corrected chi connectivity index (χ0v) is 11.7. The first kappa shape index (κ1) is 15.2. The third kappa shape index (κ3) is 3.49. The molecular weight excluding hydrogens is 286 g/mol. The molecule has 0 saturated carbocycles. The number of carbonyl (C=O) groups excluding carboxylic acids is 1. The van der Waals surface area contributed by atoms with Gasteiger partial charge in [-0.3, -0.25) is 14.9 Å². The number of benzene rings is 2. The fourth-order valence-electron chi connectivity index (χ4n) is 1.84. The number of nitro groups is 1. The second-order valence-electron chi connectivity index (χ2n) is 4.44. The summed E-state index contributed by atoms with van der Waals surface area (Å²) in [4.78, 5) is 22.2. The van der Waals surface area contributed by atoms with Gasteiger partial charge in [0.25, 0.3) is 5.69 Å². The van der Waals surface area contributed by atoms with Crippen LogP contribution in [0.25, 0.3) is 6.08 Å². The molecule has 0 amide bonds. The van der Waals surface area contributed by atoms with Crippen LogP contribution >= 0.6 is 0 Å². The molecule has 2 aromatic carbocycles. The van der Waals surface area contributed by atoms with Crippen LogP contribution in [-0.4, -0.2) is 22.9 Å². The molecule has 0 aromatic heterocycles. The van der Waals surface area contributed by atoms with E-state index in [1.807, 2.05) is 0 Å². The molecule has 0 aliphatic heterocycles. The maximum Gasteiger partial charge on any atom is 0.270 e. The number of phenols is 1. The molecule has 6 nitrogen and oxygen atoms in total. The molecule has 0 radical (unpaired) electrons. The van der Waals surface area contributed by atoms with E-state index < -0.39 is 4.92 Å². The van der Waals surface area contributed by atoms with Crippen molar-refractivity contribution in [2.75, 3.05) is 7.11 Å². The third-order valence-electron chi connectivity index (χ3n) is 2.97. The molecule has 0 saturated heterocycles. The average molecular weight is 299 g/mol. The summed E-state index contributed by atoms with van der Waals surface area (Å²) in [6.45, 7) is 0. The largest absolute Gasteiger partial charge is 0.504 e. The summed E-state index contributed by atoms with van der Waals surface area (Å²) >= 11 is 0. The van der Waals surface area contributed by atoms with E-state index in [0.717, 1.165) is 0 Å². The van der Waals surface area contributed by atoms with Crippen molar-refractivity contribution >= 4 is 17.5 Å². The van der Waals surface area contributed by atoms with Crippen LogP contribution in [0.15, 0.2) is 48.5 Å². The summed E-state index contributed by atoms with van der Waals surface area (Å²) in [6.07, 6.45) is 2.86. The van der Waals surface area contributed by atoms with Crippen LogP contribution in [0.3, 0.4) is 0 Å². The Labute approximate surface area is 126 Å². The lowest BCUT2D eigenvalue weighted by molar-refractivity contribution is -0.384. The Kier molecular flexibility index (Phi) is 4.53. The van der Waals surface area contributed by atoms with E-state index in [2.05, 4.69) is 0 Å². The highest BCUT2D eigenvalue weighted by atomic mass is 16.6. The number of allylic oxidation sites excluding steroid dienone is 1. The van der Waals surface area contributed by atoms with Gasteiger partial charge in [-0.2, -0.15) is 0 Å². The van der Waals surface area contributed by atoms with Crippen LogP contribution in [0.5, 0.6) is 11.5 Å². The van der Waals surface area contributed by atoms with Gasteiger partial charge in [0.1, 0.15) is 0 Å². The highest BCUT2D eigenvalue weighted by Crippen LogP contribution is 2.26. The summed E-state index contributed by atoms with van der Waals surface area (Å²) in [5, 5.41) is 20.2. The Morgan fingerprint density at radius 1 is 1.27 bits per heavy atom. The normalized spacial score (nSPS) is 10.6. The van der Waals surface area contributed by atoms with Gasteiger partial charge in [0.15, 0.2) is 17.3 Å². The lowest BCUT2D eigenvalue weighted by atomic mass is 10.1. The van der Waals surface area contributed by atoms with Gasteiger partial charge in [-0.05, 0) is 23.8 Å². The zero-order valence-electron chi connectivity index (χ0n) is 11.7. The van der Waals surface area contributed by atoms with Crippen LogP contribution < -0.4 is 4.74 Å². The van der Waals surface area contributed by atoms with E-state index in [1.54, 1.807) is 18.2 Å². The standard InChI is InChI=1S/C16H13NO5/c1-22-16-9-11(6-8-15(16)19)5-7-14(18)12-3-2-4-13(10-12)17(20)21/h2-10,19H,1H3. The number of carbonyl (C=O) groups is 1. The van der Waals surface area contributed by atoms with Gasteiger partial charge in [0.05, 0.1) is 12.0 Å². The number of non-ortho nitro benzene ring substituents is 1. The fraction of sp³-hybridized carbons (Fsp3) is 0.0625. The average Bonchev–Trinajstić information content (AvgIpc) is 2.53. The minimum atomic E-state index is -0.550. The van der Waals surface area contributed by atoms with E-state index >= 15 is 0 Å². The van der Waals surface area contributed by atoms with Gasteiger partial charge in [-0.1, -0.05) is 24.3 Å². The predicted molar refractivity (Wildman–Crippen MR) is 81.1 cm³/mol. The molecule has 0 aliphatic rings. The number of ketones is 1. The maximum atomic E-state index is 12.0. The lowest BCUT2D eigenvalue weighted by Gasteiger charge is -2.03. The van der Waals surface area contributed by atoms with Gasteiger partial charge in [0.2, 0.25) is 0 Å². The lowest BCUT2D eigenvalue weighted by Crippen LogP contribution is -1.96. The first-order valence-electron chi connectivity index (χ1n) is 6.35. The van der Waals surface area contributed by atoms with Crippen molar-refractivity contribution in [3.63, 3.8) is 0 Å². The molecule has 1 N–H and O–H groups in total. The number of hydrogen-bond donors (Lipinski definition) is 1. The van der Waals surface area contributed by atoms with Gasteiger partial charge < -0.3 is 9.84 Å². The SMILES string of the molecule is COc1cc(C=CC(=O)c2cccc([N+](=O)[O-])c2)ccc1O. The Balaban J connectivity index is 2.21. The Hall–Kier alpha value is -3.15. The number of aromatic hydroxyl groups is 1. The molecule has 0 unspecified atom stereocenters. The highest BCUT2D eigenvalue weighted by molar-refractivity contribution is 6.07. The number of phenolic OH excluding ortho intramolecular Hbond substituents is 1. The van der Waals surface area contributed by atoms with E-state index in [9.17, 15) is 20.0 Å². The Bertz CT molecular complexity index is 752. The van der Waals surface area contributed by atoms with Crippen molar-refractivity contribution in [1.29, 1.82) is 0 Å². The van der Waals surface area contributed by atoms with E-state index in [1.165, 1.54) is 43.5 Å². The highest BCUT2D eigenvalue weighted by Gasteiger charge is 2.09. The first-order chi connectivity index (χ1) is 10.5. The molecule has 0 heterocycles. The molecular formula is C16H13NO5. The molecule has 0 spiro atoms. The number of rotatable bonds is 5. The minimum absolute atomic E-state index is 0.00432. The quantitative estimate of drug-likeness (QED) is 0.396. The fourth-order valence-corrected chi connectivity index (χ4v) is 1.84. The first-order valence-corrected chi connectivity index (χ1v) is 6.35. The molecule has 0 bridgehead atoms. The van der Waals surface area contributed by atoms with E-state index in [4.69, 9.17) is 4.74 Å². The molecule has 112 valence electrons. The van der Waals surface area contributed by atoms with Crippen molar-refractivity contribution in [2.45, 2.75) is 0 Å². The summed E-state index contributed by atoms with van der Waals surface area (Å²) in [7, 11) is 1.43. The molecule has 22 heavy (non-hydrogen) atoms. The zero-order chi connectivity index (χ0) is 16.1. The van der Waals surface area contributed by atoms with E-state index in [0.29, 0.717) is 11.3 Å². The minimum Gasteiger partial charge on any atom is -0.504 e. The molecule has 2 rings (SSSR count). The van der Waals surface area contributed by atoms with Crippen LogP contribution in [0.4, 0.5) is 5.69 Å². The second kappa shape index (κ2) is 6.53. The van der Waals surface area contributed by atoms with Gasteiger partial charge in [-0.15, -0.1) is 0 Å². The summed E-state index contributed by atoms with van der Waals surface area (Å²) in [5.41, 5.74) is 0.759. The van der Waals surface area contributed by atoms with Crippen LogP contribution in [0, 0.1) is 10.1 Å². The number of ether oxygens (including phenoxy) is 1. The van der Waals surface area contributed by atoms with Gasteiger partial charge >= 0.3 is 0 Å². The second-order valence-corrected chi connectivity index (χ2v) is 4.44. The molecule has 6 heteroatoms. The van der Waals surface area contributed by atoms with Crippen LogP contribution in [0.2, 0.25) is 0 Å². The Morgan fingerprint density at radius 3 is 2.73 bits per heavy atom. The van der Waals surface area contributed by atoms with Crippen molar-refractivity contribution in [3.8, 4) is 11.5 Å². The molecule has 2 aromatic rings. The molecule has 0 aliphatic carbocycles. The van der Waals surface area contributed by atoms with Crippen molar-refractivity contribution in [1.82, 2.24) is 0 Å². The Morgan fingerprint density at radius 2 is 2.05 bits per heavy atom. The monoisotopic (exact) mass is 299 g/mol. The number of nitrogens with zero attached hydrogens (tertiary/aromatic N) is 1. The third-order valence-corrected chi connectivity index (χ3v) is 2.97. The topological polar surface area (TPSA) is 89.7 Å². The number of nitro benzene ring substituents is 1. The predicted octanol–water partition coefficient (Wildman–Crippen LogP) is 3.21. The summed E-state index contributed by atoms with van der Waals surface area (Å²) < 4.78 is 4.98. The smallest absolute Gasteiger partial charge is 0.270 e. The van der Waals surface area contributed by atoms with Crippen molar-refractivity contribution in [3.05, 3.63) is 69.8 Å². The van der Waals surface area contributed by atoms with Crippen molar-refractivity contribution in [2.24, 2.45) is 0 Å².